The van der Waals surface area contributed by atoms with Crippen LogP contribution >= 0.6 is 0 Å². The fraction of sp³-hybridized carbons (Fsp3) is 0.652. The molecule has 0 saturated carbocycles. The Morgan fingerprint density at radius 1 is 1.00 bits per heavy atom. The van der Waals surface area contributed by atoms with E-state index in [1.807, 2.05) is 83.6 Å². The third kappa shape index (κ3) is 8.51. The molecule has 0 aliphatic heterocycles. The molecule has 0 spiro atoms. The summed E-state index contributed by atoms with van der Waals surface area (Å²) in [4.78, 5) is 29.2. The molecule has 30 heavy (non-hydrogen) atoms. The number of carbonyl (C=O) groups excluding carboxylic acids is 2. The lowest BCUT2D eigenvalue weighted by atomic mass is 10.1. The smallest absolute Gasteiger partial charge is 0.319 e. The fourth-order valence-electron chi connectivity index (χ4n) is 2.95. The van der Waals surface area contributed by atoms with Crippen LogP contribution < -0.4 is 20.9 Å². The van der Waals surface area contributed by atoms with Gasteiger partial charge in [0.15, 0.2) is 0 Å². The first-order valence-electron chi connectivity index (χ1n) is 10.6. The number of hydrogen-bond acceptors (Lipinski definition) is 3. The molecule has 0 aromatic heterocycles. The highest BCUT2D eigenvalue weighted by atomic mass is 16.2. The van der Waals surface area contributed by atoms with Crippen LogP contribution in [0.15, 0.2) is 18.2 Å². The van der Waals surface area contributed by atoms with E-state index in [0.717, 1.165) is 17.7 Å². The van der Waals surface area contributed by atoms with Crippen LogP contribution in [0.25, 0.3) is 0 Å². The van der Waals surface area contributed by atoms with Crippen molar-refractivity contribution >= 4 is 23.4 Å². The highest BCUT2D eigenvalue weighted by Crippen LogP contribution is 2.26. The van der Waals surface area contributed by atoms with Crippen molar-refractivity contribution in [3.63, 3.8) is 0 Å². The quantitative estimate of drug-likeness (QED) is 0.621. The second-order valence-electron chi connectivity index (χ2n) is 10.1. The van der Waals surface area contributed by atoms with E-state index in [4.69, 9.17) is 0 Å². The SMILES string of the molecule is CC[C@H](C)N(Cc1cc(NC(=O)NC(C)(C)C)ccc1N(C)C)C(=O)NC(C)(C)C. The van der Waals surface area contributed by atoms with Gasteiger partial charge in [0.25, 0.3) is 0 Å². The van der Waals surface area contributed by atoms with Crippen LogP contribution in [0, 0.1) is 0 Å². The summed E-state index contributed by atoms with van der Waals surface area (Å²) in [6.07, 6.45) is 0.848. The lowest BCUT2D eigenvalue weighted by molar-refractivity contribution is 0.165. The van der Waals surface area contributed by atoms with Gasteiger partial charge in [-0.05, 0) is 78.6 Å². The molecule has 1 atom stereocenters. The van der Waals surface area contributed by atoms with E-state index < -0.39 is 0 Å². The lowest BCUT2D eigenvalue weighted by Gasteiger charge is -2.33. The maximum Gasteiger partial charge on any atom is 0.319 e. The zero-order chi connectivity index (χ0) is 23.3. The van der Waals surface area contributed by atoms with Crippen LogP contribution in [0.4, 0.5) is 21.0 Å². The number of carbonyl (C=O) groups is 2. The number of hydrogen-bond donors (Lipinski definition) is 3. The van der Waals surface area contributed by atoms with Crippen LogP contribution in [0.5, 0.6) is 0 Å². The average Bonchev–Trinajstić information content (AvgIpc) is 2.55. The van der Waals surface area contributed by atoms with Crippen molar-refractivity contribution in [2.75, 3.05) is 24.3 Å². The largest absolute Gasteiger partial charge is 0.377 e. The number of nitrogens with one attached hydrogen (secondary N) is 3. The second-order valence-corrected chi connectivity index (χ2v) is 10.1. The van der Waals surface area contributed by atoms with E-state index in [-0.39, 0.29) is 29.2 Å². The van der Waals surface area contributed by atoms with Gasteiger partial charge in [0.1, 0.15) is 0 Å². The monoisotopic (exact) mass is 419 g/mol. The van der Waals surface area contributed by atoms with E-state index >= 15 is 0 Å². The van der Waals surface area contributed by atoms with Gasteiger partial charge in [0.2, 0.25) is 0 Å². The zero-order valence-corrected chi connectivity index (χ0v) is 20.4. The minimum Gasteiger partial charge on any atom is -0.377 e. The molecule has 4 amide bonds. The maximum atomic E-state index is 13.0. The van der Waals surface area contributed by atoms with Crippen LogP contribution in [0.3, 0.4) is 0 Å². The molecule has 0 aliphatic carbocycles. The summed E-state index contributed by atoms with van der Waals surface area (Å²) in [6, 6.07) is 5.52. The molecule has 0 heterocycles. The van der Waals surface area contributed by atoms with Gasteiger partial charge in [-0.1, -0.05) is 6.92 Å². The lowest BCUT2D eigenvalue weighted by Crippen LogP contribution is -2.51. The van der Waals surface area contributed by atoms with Gasteiger partial charge < -0.3 is 25.8 Å². The minimum atomic E-state index is -0.325. The Kier molecular flexibility index (Phi) is 8.57. The first-order chi connectivity index (χ1) is 13.6. The van der Waals surface area contributed by atoms with E-state index in [1.165, 1.54) is 0 Å². The van der Waals surface area contributed by atoms with Crippen LogP contribution in [0.2, 0.25) is 0 Å². The topological polar surface area (TPSA) is 76.7 Å². The standard InChI is InChI=1S/C23H41N5O2/c1-11-16(2)28(21(30)26-23(6,7)8)15-17-14-18(12-13-19(17)27(9)10)24-20(29)25-22(3,4)5/h12-14,16H,11,15H2,1-10H3,(H,26,30)(H2,24,25,29)/t16-/m0/s1. The highest BCUT2D eigenvalue weighted by molar-refractivity contribution is 5.90. The number of anilines is 2. The average molecular weight is 420 g/mol. The summed E-state index contributed by atoms with van der Waals surface area (Å²) in [5.74, 6) is 0. The van der Waals surface area contributed by atoms with E-state index in [9.17, 15) is 9.59 Å². The van der Waals surface area contributed by atoms with Crippen molar-refractivity contribution in [1.82, 2.24) is 15.5 Å². The Morgan fingerprint density at radius 2 is 1.57 bits per heavy atom. The Labute approximate surface area is 182 Å². The Hall–Kier alpha value is -2.44. The second kappa shape index (κ2) is 10.0. The molecular formula is C23H41N5O2. The van der Waals surface area contributed by atoms with E-state index in [1.54, 1.807) is 0 Å². The molecule has 170 valence electrons. The molecule has 0 radical (unpaired) electrons. The molecule has 1 rings (SSSR count). The number of nitrogens with zero attached hydrogens (tertiary/aromatic N) is 2. The van der Waals surface area contributed by atoms with Crippen LogP contribution in [0.1, 0.15) is 67.4 Å². The molecule has 7 heteroatoms. The van der Waals surface area contributed by atoms with Crippen LogP contribution in [-0.4, -0.2) is 48.2 Å². The summed E-state index contributed by atoms with van der Waals surface area (Å²) in [5.41, 5.74) is 2.03. The Bertz CT molecular complexity index is 732. The van der Waals surface area contributed by atoms with Gasteiger partial charge in [-0.15, -0.1) is 0 Å². The molecule has 0 bridgehead atoms. The molecule has 7 nitrogen and oxygen atoms in total. The van der Waals surface area contributed by atoms with E-state index in [0.29, 0.717) is 12.2 Å². The third-order valence-corrected chi connectivity index (χ3v) is 4.51. The molecule has 0 saturated heterocycles. The zero-order valence-electron chi connectivity index (χ0n) is 20.4. The van der Waals surface area contributed by atoms with Gasteiger partial charge in [0, 0.05) is 49.1 Å². The first-order valence-corrected chi connectivity index (χ1v) is 10.6. The number of amides is 4. The first kappa shape index (κ1) is 25.6. The molecule has 1 aromatic carbocycles. The molecule has 1 aromatic rings. The Balaban J connectivity index is 3.20. The van der Waals surface area contributed by atoms with Crippen molar-refractivity contribution < 1.29 is 9.59 Å². The Morgan fingerprint density at radius 3 is 2.03 bits per heavy atom. The van der Waals surface area contributed by atoms with Gasteiger partial charge in [-0.25, -0.2) is 9.59 Å². The number of benzene rings is 1. The molecule has 0 unspecified atom stereocenters. The summed E-state index contributed by atoms with van der Waals surface area (Å²) in [6.45, 7) is 16.3. The normalized spacial score (nSPS) is 12.7. The van der Waals surface area contributed by atoms with Gasteiger partial charge in [-0.3, -0.25) is 0 Å². The summed E-state index contributed by atoms with van der Waals surface area (Å²) >= 11 is 0. The van der Waals surface area contributed by atoms with Crippen molar-refractivity contribution in [3.05, 3.63) is 23.8 Å². The summed E-state index contributed by atoms with van der Waals surface area (Å²) in [5, 5.41) is 8.87. The van der Waals surface area contributed by atoms with Crippen molar-refractivity contribution in [2.45, 2.75) is 85.5 Å². The summed E-state index contributed by atoms with van der Waals surface area (Å²) in [7, 11) is 3.95. The van der Waals surface area contributed by atoms with Crippen molar-refractivity contribution in [2.24, 2.45) is 0 Å². The molecular weight excluding hydrogens is 378 g/mol. The predicted molar refractivity (Wildman–Crippen MR) is 126 cm³/mol. The predicted octanol–water partition coefficient (Wildman–Crippen LogP) is 4.78. The molecule has 0 fully saturated rings. The van der Waals surface area contributed by atoms with Crippen LogP contribution in [-0.2, 0) is 6.54 Å². The van der Waals surface area contributed by atoms with Crippen molar-refractivity contribution in [3.8, 4) is 0 Å². The minimum absolute atomic E-state index is 0.0724. The van der Waals surface area contributed by atoms with Gasteiger partial charge in [0.05, 0.1) is 0 Å². The van der Waals surface area contributed by atoms with Crippen molar-refractivity contribution in [1.29, 1.82) is 0 Å². The highest BCUT2D eigenvalue weighted by Gasteiger charge is 2.24. The van der Waals surface area contributed by atoms with Gasteiger partial charge in [-0.2, -0.15) is 0 Å². The summed E-state index contributed by atoms with van der Waals surface area (Å²) < 4.78 is 0. The fourth-order valence-corrected chi connectivity index (χ4v) is 2.95. The molecule has 3 N–H and O–H groups in total. The van der Waals surface area contributed by atoms with Gasteiger partial charge >= 0.3 is 12.1 Å². The van der Waals surface area contributed by atoms with E-state index in [2.05, 4.69) is 29.8 Å². The maximum absolute atomic E-state index is 13.0. The number of urea groups is 2. The number of rotatable bonds is 6. The third-order valence-electron chi connectivity index (χ3n) is 4.51. The molecule has 0 aliphatic rings.